The van der Waals surface area contributed by atoms with E-state index in [-0.39, 0.29) is 15.8 Å². The normalized spacial score (nSPS) is 12.1. The Bertz CT molecular complexity index is 365. The summed E-state index contributed by atoms with van der Waals surface area (Å²) in [7, 11) is 0.328. The monoisotopic (exact) mass is 696 g/mol. The van der Waals surface area contributed by atoms with Crippen LogP contribution >= 0.6 is 29.3 Å². The molecule has 0 aromatic heterocycles. The van der Waals surface area contributed by atoms with Gasteiger partial charge in [0.1, 0.15) is 0 Å². The second-order valence-electron chi connectivity index (χ2n) is 12.7. The van der Waals surface area contributed by atoms with Crippen molar-refractivity contribution in [3.8, 4) is 0 Å². The van der Waals surface area contributed by atoms with Gasteiger partial charge < -0.3 is 0 Å². The molecule has 0 spiro atoms. The van der Waals surface area contributed by atoms with Gasteiger partial charge in [-0.2, -0.15) is 0 Å². The molecule has 0 radical (unpaired) electrons. The third-order valence-corrected chi connectivity index (χ3v) is 11.2. The molecule has 2 nitrogen and oxygen atoms in total. The van der Waals surface area contributed by atoms with Crippen LogP contribution in [0.1, 0.15) is 83.1 Å². The van der Waals surface area contributed by atoms with Gasteiger partial charge in [-0.1, -0.05) is 83.1 Å². The van der Waals surface area contributed by atoms with E-state index < -0.39 is 0 Å². The minimum atomic E-state index is 0.164. The van der Waals surface area contributed by atoms with Crippen molar-refractivity contribution < 1.29 is 26.5 Å². The quantitative estimate of drug-likeness (QED) is 0.145. The van der Waals surface area contributed by atoms with Crippen LogP contribution in [0.3, 0.4) is 0 Å². The van der Waals surface area contributed by atoms with Crippen LogP contribution in [-0.2, 0) is 26.5 Å². The third-order valence-electron chi connectivity index (χ3n) is 3.52. The SMILES string of the molecule is CC(C)(C)CP(CCP(CC(C)(C)C)CC(C)(C)C)CC(C)(C)C.[Br][Re].[C-]#[O+].[C-]#[O+]. The summed E-state index contributed by atoms with van der Waals surface area (Å²) >= 11 is 4.53. The zero-order chi connectivity index (χ0) is 25.4. The first-order chi connectivity index (χ1) is 13.4. The van der Waals surface area contributed by atoms with Gasteiger partial charge in [0, 0.05) is 0 Å². The molecule has 0 saturated carbocycles. The number of halogens is 1. The standard InChI is InChI=1S/C22H48P2.2CO.BrH.Re/c1-19(2,3)15-23(16-20(4,5)6)13-14-24(17-21(7,8)9)18-22(10,11)12;2*1-2;;/h13-18H2,1-12H3;;;1H;/q;;;;+1/p-1. The van der Waals surface area contributed by atoms with Crippen LogP contribution in [0.2, 0.25) is 0 Å². The van der Waals surface area contributed by atoms with Crippen molar-refractivity contribution in [2.45, 2.75) is 83.1 Å². The summed E-state index contributed by atoms with van der Waals surface area (Å²) in [5.74, 6) is 0. The Labute approximate surface area is 209 Å². The van der Waals surface area contributed by atoms with Crippen molar-refractivity contribution in [2.75, 3.05) is 37.0 Å². The molecular formula is C24H48BrO2P2Re. The van der Waals surface area contributed by atoms with Gasteiger partial charge in [-0.25, -0.2) is 0 Å². The van der Waals surface area contributed by atoms with E-state index in [0.717, 1.165) is 0 Å². The third kappa shape index (κ3) is 34.1. The first kappa shape index (κ1) is 38.7. The molecule has 0 aliphatic carbocycles. The van der Waals surface area contributed by atoms with Crippen LogP contribution in [0.4, 0.5) is 0 Å². The Balaban J connectivity index is -0.000000512. The molecule has 30 heavy (non-hydrogen) atoms. The summed E-state index contributed by atoms with van der Waals surface area (Å²) in [6.07, 6.45) is 8.76. The van der Waals surface area contributed by atoms with E-state index in [1.165, 1.54) is 54.2 Å². The van der Waals surface area contributed by atoms with Crippen molar-refractivity contribution >= 4 is 29.3 Å². The fraction of sp³-hybridized carbons (Fsp3) is 0.917. The van der Waals surface area contributed by atoms with Gasteiger partial charge in [-0.15, -0.1) is 15.8 Å². The molecule has 0 rings (SSSR count). The van der Waals surface area contributed by atoms with E-state index in [1.807, 2.05) is 0 Å². The Morgan fingerprint density at radius 3 is 0.733 bits per heavy atom. The molecule has 6 heteroatoms. The van der Waals surface area contributed by atoms with Gasteiger partial charge in [0.05, 0.1) is 0 Å². The molecule has 0 aromatic carbocycles. The van der Waals surface area contributed by atoms with Gasteiger partial charge in [-0.05, 0) is 58.6 Å². The van der Waals surface area contributed by atoms with Gasteiger partial charge in [0.25, 0.3) is 0 Å². The summed E-state index contributed by atoms with van der Waals surface area (Å²) < 4.78 is 15.0. The average Bonchev–Trinajstić information content (AvgIpc) is 2.52. The van der Waals surface area contributed by atoms with Crippen molar-refractivity contribution in [1.29, 1.82) is 0 Å². The number of hydrogen-bond donors (Lipinski definition) is 0. The van der Waals surface area contributed by atoms with Gasteiger partial charge in [0.2, 0.25) is 0 Å². The molecule has 0 heterocycles. The van der Waals surface area contributed by atoms with Crippen LogP contribution in [-0.4, -0.2) is 37.0 Å². The summed E-state index contributed by atoms with van der Waals surface area (Å²) in [6, 6.07) is 0. The van der Waals surface area contributed by atoms with Crippen LogP contribution in [0, 0.1) is 35.0 Å². The van der Waals surface area contributed by atoms with E-state index >= 15 is 0 Å². The van der Waals surface area contributed by atoms with Gasteiger partial charge >= 0.3 is 53.2 Å². The summed E-state index contributed by atoms with van der Waals surface area (Å²) in [5.41, 5.74) is 1.92. The van der Waals surface area contributed by atoms with Crippen molar-refractivity contribution in [3.63, 3.8) is 0 Å². The molecule has 0 aromatic rings. The van der Waals surface area contributed by atoms with Gasteiger partial charge in [0.15, 0.2) is 0 Å². The molecule has 0 aliphatic rings. The zero-order valence-electron chi connectivity index (χ0n) is 21.7. The molecule has 0 unspecified atom stereocenters. The van der Waals surface area contributed by atoms with E-state index in [2.05, 4.69) is 110 Å². The maximum absolute atomic E-state index is 7.50. The molecule has 0 saturated heterocycles. The fourth-order valence-electron chi connectivity index (χ4n) is 3.39. The van der Waals surface area contributed by atoms with Gasteiger partial charge in [-0.3, -0.25) is 0 Å². The molecule has 0 bridgehead atoms. The van der Waals surface area contributed by atoms with Crippen LogP contribution in [0.15, 0.2) is 0 Å². The van der Waals surface area contributed by atoms with Crippen molar-refractivity contribution in [2.24, 2.45) is 21.7 Å². The molecule has 180 valence electrons. The molecule has 0 N–H and O–H groups in total. The predicted octanol–water partition coefficient (Wildman–Crippen LogP) is 8.90. The summed E-state index contributed by atoms with van der Waals surface area (Å²) in [5, 5.41) is 0. The van der Waals surface area contributed by atoms with Crippen molar-refractivity contribution in [3.05, 3.63) is 13.3 Å². The first-order valence-corrected chi connectivity index (χ1v) is 20.1. The van der Waals surface area contributed by atoms with E-state index in [9.17, 15) is 0 Å². The number of rotatable bonds is 7. The maximum atomic E-state index is 7.50. The fourth-order valence-corrected chi connectivity index (χ4v) is 11.9. The number of hydrogen-bond acceptors (Lipinski definition) is 0. The molecule has 0 amide bonds. The predicted molar refractivity (Wildman–Crippen MR) is 138 cm³/mol. The Morgan fingerprint density at radius 2 is 0.633 bits per heavy atom. The summed E-state index contributed by atoms with van der Waals surface area (Å²) in [4.78, 5) is 0. The minimum absolute atomic E-state index is 0.164. The zero-order valence-corrected chi connectivity index (χ0v) is 27.8. The van der Waals surface area contributed by atoms with E-state index in [0.29, 0.717) is 21.7 Å². The topological polar surface area (TPSA) is 39.8 Å². The van der Waals surface area contributed by atoms with Crippen LogP contribution < -0.4 is 0 Å². The second-order valence-corrected chi connectivity index (χ2v) is 17.5. The Kier molecular flexibility index (Phi) is 24.3. The van der Waals surface area contributed by atoms with E-state index in [1.54, 1.807) is 0 Å². The molecule has 0 atom stereocenters. The molecule has 0 fully saturated rings. The average molecular weight is 697 g/mol. The molecular weight excluding hydrogens is 648 g/mol. The summed E-state index contributed by atoms with van der Waals surface area (Å²) in [6.45, 7) is 38.1. The molecule has 0 aliphatic heterocycles. The van der Waals surface area contributed by atoms with Crippen LogP contribution in [0.25, 0.3) is 0 Å². The first-order valence-electron chi connectivity index (χ1n) is 10.4. The van der Waals surface area contributed by atoms with Crippen LogP contribution in [0.5, 0.6) is 0 Å². The second kappa shape index (κ2) is 18.9. The Hall–Kier alpha value is 1.48. The Morgan fingerprint density at radius 1 is 0.500 bits per heavy atom. The van der Waals surface area contributed by atoms with E-state index in [4.69, 9.17) is 9.30 Å². The van der Waals surface area contributed by atoms with Crippen molar-refractivity contribution in [1.82, 2.24) is 0 Å².